The van der Waals surface area contributed by atoms with E-state index in [4.69, 9.17) is 9.47 Å². The summed E-state index contributed by atoms with van der Waals surface area (Å²) in [6.45, 7) is 5.15. The fourth-order valence-corrected chi connectivity index (χ4v) is 3.28. The summed E-state index contributed by atoms with van der Waals surface area (Å²) in [6, 6.07) is 13.9. The van der Waals surface area contributed by atoms with Crippen LogP contribution in [0.1, 0.15) is 34.0 Å². The third-order valence-corrected chi connectivity index (χ3v) is 4.85. The number of carbonyl (C=O) groups is 1. The van der Waals surface area contributed by atoms with Crippen LogP contribution in [0.5, 0.6) is 5.75 Å². The van der Waals surface area contributed by atoms with Gasteiger partial charge in [-0.2, -0.15) is 0 Å². The zero-order valence-electron chi connectivity index (χ0n) is 17.2. The quantitative estimate of drug-likeness (QED) is 0.409. The highest BCUT2D eigenvalue weighted by molar-refractivity contribution is 5.89. The Balaban J connectivity index is 1.47. The maximum atomic E-state index is 11.5. The average molecular weight is 396 g/mol. The van der Waals surface area contributed by atoms with Gasteiger partial charge in [-0.05, 0) is 54.7 Å². The Morgan fingerprint density at radius 3 is 2.66 bits per heavy atom. The molecule has 2 aromatic carbocycles. The molecule has 1 aliphatic heterocycles. The number of benzene rings is 2. The highest BCUT2D eigenvalue weighted by Gasteiger charge is 2.11. The van der Waals surface area contributed by atoms with Gasteiger partial charge in [0.05, 0.1) is 19.3 Å². The minimum Gasteiger partial charge on any atom is -0.493 e. The number of esters is 1. The van der Waals surface area contributed by atoms with Crippen molar-refractivity contribution in [3.05, 3.63) is 64.7 Å². The molecule has 2 N–H and O–H groups in total. The molecule has 0 bridgehead atoms. The van der Waals surface area contributed by atoms with Crippen LogP contribution in [0.4, 0.5) is 0 Å². The number of carbonyl (C=O) groups excluding carboxylic acids is 1. The van der Waals surface area contributed by atoms with Crippen molar-refractivity contribution < 1.29 is 14.3 Å². The Hall–Kier alpha value is -3.02. The highest BCUT2D eigenvalue weighted by Crippen LogP contribution is 2.25. The predicted molar refractivity (Wildman–Crippen MR) is 115 cm³/mol. The third-order valence-electron chi connectivity index (χ3n) is 4.85. The Labute approximate surface area is 172 Å². The second-order valence-electron chi connectivity index (χ2n) is 6.92. The van der Waals surface area contributed by atoms with Crippen molar-refractivity contribution in [2.75, 3.05) is 33.4 Å². The molecular weight excluding hydrogens is 366 g/mol. The van der Waals surface area contributed by atoms with E-state index in [0.717, 1.165) is 56.2 Å². The number of rotatable bonds is 8. The lowest BCUT2D eigenvalue weighted by Crippen LogP contribution is -2.38. The average Bonchev–Trinajstić information content (AvgIpc) is 3.21. The van der Waals surface area contributed by atoms with Crippen molar-refractivity contribution >= 4 is 11.9 Å². The summed E-state index contributed by atoms with van der Waals surface area (Å²) in [5, 5.41) is 6.69. The van der Waals surface area contributed by atoms with Gasteiger partial charge in [-0.15, -0.1) is 0 Å². The van der Waals surface area contributed by atoms with Crippen molar-refractivity contribution in [2.24, 2.45) is 4.99 Å². The summed E-state index contributed by atoms with van der Waals surface area (Å²) in [6.07, 6.45) is 2.75. The second kappa shape index (κ2) is 10.5. The van der Waals surface area contributed by atoms with Crippen molar-refractivity contribution in [1.82, 2.24) is 10.6 Å². The van der Waals surface area contributed by atoms with Crippen molar-refractivity contribution in [2.45, 2.75) is 26.2 Å². The lowest BCUT2D eigenvalue weighted by molar-refractivity contribution is 0.0600. The van der Waals surface area contributed by atoms with Crippen LogP contribution in [0.25, 0.3) is 0 Å². The molecule has 2 aromatic rings. The molecule has 0 aliphatic carbocycles. The molecular formula is C23H29N3O3. The molecule has 3 rings (SSSR count). The number of fused-ring (bicyclic) bond motifs is 1. The largest absolute Gasteiger partial charge is 0.493 e. The zero-order chi connectivity index (χ0) is 20.5. The molecule has 154 valence electrons. The van der Waals surface area contributed by atoms with Gasteiger partial charge in [-0.25, -0.2) is 4.79 Å². The van der Waals surface area contributed by atoms with Gasteiger partial charge in [0.1, 0.15) is 5.75 Å². The smallest absolute Gasteiger partial charge is 0.337 e. The molecule has 6 heteroatoms. The molecule has 0 atom stereocenters. The normalized spacial score (nSPS) is 12.8. The van der Waals surface area contributed by atoms with Crippen LogP contribution in [0.15, 0.2) is 47.5 Å². The first-order valence-corrected chi connectivity index (χ1v) is 10.1. The number of methoxy groups -OCH3 is 1. The first kappa shape index (κ1) is 20.7. The summed E-state index contributed by atoms with van der Waals surface area (Å²) >= 11 is 0. The number of nitrogens with zero attached hydrogens (tertiary/aromatic N) is 1. The van der Waals surface area contributed by atoms with E-state index in [9.17, 15) is 4.79 Å². The van der Waals surface area contributed by atoms with Gasteiger partial charge in [-0.3, -0.25) is 4.99 Å². The van der Waals surface area contributed by atoms with Crippen LogP contribution >= 0.6 is 0 Å². The molecule has 0 aromatic heterocycles. The molecule has 1 aliphatic rings. The minimum atomic E-state index is -0.316. The monoisotopic (exact) mass is 395 g/mol. The van der Waals surface area contributed by atoms with Crippen LogP contribution in [0.3, 0.4) is 0 Å². The standard InChI is InChI=1S/C23H29N3O3/c1-3-24-23(25-13-10-17-4-7-19(8-5-17)22(27)28-2)26-14-11-18-6-9-21-20(16-18)12-15-29-21/h4-9,16H,3,10-15H2,1-2H3,(H2,24,25,26). The second-order valence-corrected chi connectivity index (χ2v) is 6.92. The van der Waals surface area contributed by atoms with Gasteiger partial charge in [0.15, 0.2) is 5.96 Å². The van der Waals surface area contributed by atoms with E-state index >= 15 is 0 Å². The lowest BCUT2D eigenvalue weighted by atomic mass is 10.1. The van der Waals surface area contributed by atoms with Crippen LogP contribution in [-0.2, 0) is 24.0 Å². The topological polar surface area (TPSA) is 72.0 Å². The molecule has 0 radical (unpaired) electrons. The third kappa shape index (κ3) is 5.98. The van der Waals surface area contributed by atoms with E-state index in [1.165, 1.54) is 18.2 Å². The Morgan fingerprint density at radius 2 is 1.90 bits per heavy atom. The first-order chi connectivity index (χ1) is 14.2. The minimum absolute atomic E-state index is 0.316. The number of guanidine groups is 1. The molecule has 0 unspecified atom stereocenters. The van der Waals surface area contributed by atoms with E-state index in [1.54, 1.807) is 12.1 Å². The number of hydrogen-bond acceptors (Lipinski definition) is 4. The number of aliphatic imine (C=N–C) groups is 1. The molecule has 0 amide bonds. The maximum Gasteiger partial charge on any atom is 0.337 e. The Morgan fingerprint density at radius 1 is 1.10 bits per heavy atom. The van der Waals surface area contributed by atoms with E-state index < -0.39 is 0 Å². The van der Waals surface area contributed by atoms with Gasteiger partial charge in [0.25, 0.3) is 0 Å². The van der Waals surface area contributed by atoms with Crippen molar-refractivity contribution in [3.8, 4) is 5.75 Å². The van der Waals surface area contributed by atoms with Gasteiger partial charge in [0, 0.05) is 26.1 Å². The van der Waals surface area contributed by atoms with Gasteiger partial charge in [-0.1, -0.05) is 24.3 Å². The number of ether oxygens (including phenoxy) is 2. The SMILES string of the molecule is CCNC(=NCCc1ccc(C(=O)OC)cc1)NCCc1ccc2c(c1)CCO2. The summed E-state index contributed by atoms with van der Waals surface area (Å²) in [5.41, 5.74) is 4.31. The Kier molecular flexibility index (Phi) is 7.50. The number of nitrogens with one attached hydrogen (secondary N) is 2. The van der Waals surface area contributed by atoms with Crippen LogP contribution in [0, 0.1) is 0 Å². The van der Waals surface area contributed by atoms with Crippen LogP contribution < -0.4 is 15.4 Å². The summed E-state index contributed by atoms with van der Waals surface area (Å²) < 4.78 is 10.3. The molecule has 6 nitrogen and oxygen atoms in total. The fraction of sp³-hybridized carbons (Fsp3) is 0.391. The first-order valence-electron chi connectivity index (χ1n) is 10.1. The number of hydrogen-bond donors (Lipinski definition) is 2. The molecule has 0 saturated heterocycles. The maximum absolute atomic E-state index is 11.5. The van der Waals surface area contributed by atoms with E-state index in [2.05, 4.69) is 40.7 Å². The molecule has 0 saturated carbocycles. The molecule has 0 spiro atoms. The summed E-state index contributed by atoms with van der Waals surface area (Å²) in [4.78, 5) is 16.1. The highest BCUT2D eigenvalue weighted by atomic mass is 16.5. The van der Waals surface area contributed by atoms with E-state index in [0.29, 0.717) is 12.1 Å². The van der Waals surface area contributed by atoms with E-state index in [1.807, 2.05) is 12.1 Å². The summed E-state index contributed by atoms with van der Waals surface area (Å²) in [7, 11) is 1.39. The molecule has 29 heavy (non-hydrogen) atoms. The lowest BCUT2D eigenvalue weighted by Gasteiger charge is -2.12. The summed E-state index contributed by atoms with van der Waals surface area (Å²) in [5.74, 6) is 1.53. The molecule has 1 heterocycles. The van der Waals surface area contributed by atoms with E-state index in [-0.39, 0.29) is 5.97 Å². The fourth-order valence-electron chi connectivity index (χ4n) is 3.28. The van der Waals surface area contributed by atoms with Crippen molar-refractivity contribution in [1.29, 1.82) is 0 Å². The predicted octanol–water partition coefficient (Wildman–Crippen LogP) is 2.75. The van der Waals surface area contributed by atoms with Crippen LogP contribution in [0.2, 0.25) is 0 Å². The van der Waals surface area contributed by atoms with Gasteiger partial charge < -0.3 is 20.1 Å². The molecule has 0 fully saturated rings. The zero-order valence-corrected chi connectivity index (χ0v) is 17.2. The van der Waals surface area contributed by atoms with Gasteiger partial charge in [0.2, 0.25) is 0 Å². The van der Waals surface area contributed by atoms with Gasteiger partial charge >= 0.3 is 5.97 Å². The van der Waals surface area contributed by atoms with Crippen LogP contribution in [-0.4, -0.2) is 45.3 Å². The Bertz CT molecular complexity index is 847. The van der Waals surface area contributed by atoms with Crippen molar-refractivity contribution in [3.63, 3.8) is 0 Å².